The maximum absolute atomic E-state index is 11.8. The molecule has 0 saturated carbocycles. The van der Waals surface area contributed by atoms with E-state index in [9.17, 15) is 14.9 Å². The second kappa shape index (κ2) is 6.21. The van der Waals surface area contributed by atoms with Gasteiger partial charge in [0.1, 0.15) is 12.0 Å². The van der Waals surface area contributed by atoms with Crippen molar-refractivity contribution < 1.29 is 9.72 Å². The van der Waals surface area contributed by atoms with Crippen LogP contribution in [0.4, 0.5) is 17.3 Å². The molecule has 0 aromatic carbocycles. The van der Waals surface area contributed by atoms with E-state index in [0.29, 0.717) is 0 Å². The van der Waals surface area contributed by atoms with Gasteiger partial charge < -0.3 is 5.43 Å². The van der Waals surface area contributed by atoms with Crippen molar-refractivity contribution in [3.05, 3.63) is 46.5 Å². The zero-order chi connectivity index (χ0) is 15.2. The van der Waals surface area contributed by atoms with Crippen LogP contribution in [0.25, 0.3) is 0 Å². The number of hydrogen-bond acceptors (Lipinski definition) is 9. The first-order valence-corrected chi connectivity index (χ1v) is 5.57. The Hall–Kier alpha value is -3.34. The fourth-order valence-corrected chi connectivity index (χ4v) is 1.43. The Morgan fingerprint density at radius 1 is 1.24 bits per heavy atom. The van der Waals surface area contributed by atoms with Gasteiger partial charge in [-0.3, -0.25) is 30.7 Å². The molecule has 2 heterocycles. The van der Waals surface area contributed by atoms with Crippen molar-refractivity contribution in [1.29, 1.82) is 0 Å². The minimum atomic E-state index is -0.732. The first kappa shape index (κ1) is 14.1. The highest BCUT2D eigenvalue weighted by Gasteiger charge is 2.22. The van der Waals surface area contributed by atoms with Gasteiger partial charge in [-0.05, 0) is 12.1 Å². The molecular weight excluding hydrogens is 280 g/mol. The monoisotopic (exact) mass is 290 g/mol. The summed E-state index contributed by atoms with van der Waals surface area (Å²) >= 11 is 0. The average molecular weight is 290 g/mol. The Morgan fingerprint density at radius 2 is 2.00 bits per heavy atom. The SMILES string of the molecule is NNc1ncnc(NNC(=O)c2ccccn2)c1[N+](=O)[O-]. The predicted octanol–water partition coefficient (Wildman–Crippen LogP) is -0.178. The van der Waals surface area contributed by atoms with Gasteiger partial charge in [0, 0.05) is 6.20 Å². The average Bonchev–Trinajstić information content (AvgIpc) is 2.52. The minimum Gasteiger partial charge on any atom is -0.303 e. The maximum atomic E-state index is 11.8. The molecule has 11 heteroatoms. The zero-order valence-corrected chi connectivity index (χ0v) is 10.5. The van der Waals surface area contributed by atoms with Gasteiger partial charge in [0.25, 0.3) is 5.91 Å². The van der Waals surface area contributed by atoms with E-state index < -0.39 is 16.5 Å². The van der Waals surface area contributed by atoms with E-state index in [1.165, 1.54) is 12.3 Å². The number of carbonyl (C=O) groups excluding carboxylic acids is 1. The Balaban J connectivity index is 2.17. The van der Waals surface area contributed by atoms with Crippen LogP contribution < -0.4 is 22.1 Å². The van der Waals surface area contributed by atoms with Gasteiger partial charge in [0.15, 0.2) is 0 Å². The normalized spacial score (nSPS) is 9.76. The van der Waals surface area contributed by atoms with E-state index in [0.717, 1.165) is 6.33 Å². The molecule has 0 atom stereocenters. The topological polar surface area (TPSA) is 161 Å². The first-order chi connectivity index (χ1) is 10.1. The Bertz CT molecular complexity index is 663. The van der Waals surface area contributed by atoms with Crippen LogP contribution in [0.2, 0.25) is 0 Å². The number of nitrogens with zero attached hydrogens (tertiary/aromatic N) is 4. The Kier molecular flexibility index (Phi) is 4.16. The summed E-state index contributed by atoms with van der Waals surface area (Å²) in [4.78, 5) is 33.1. The van der Waals surface area contributed by atoms with Gasteiger partial charge in [0.05, 0.1) is 4.92 Å². The van der Waals surface area contributed by atoms with Crippen LogP contribution in [0.15, 0.2) is 30.7 Å². The Morgan fingerprint density at radius 3 is 2.62 bits per heavy atom. The van der Waals surface area contributed by atoms with Crippen molar-refractivity contribution in [3.63, 3.8) is 0 Å². The summed E-state index contributed by atoms with van der Waals surface area (Å²) in [6, 6.07) is 4.77. The van der Waals surface area contributed by atoms with E-state index in [4.69, 9.17) is 5.84 Å². The molecule has 0 fully saturated rings. The van der Waals surface area contributed by atoms with Crippen molar-refractivity contribution in [1.82, 2.24) is 20.4 Å². The molecule has 0 radical (unpaired) electrons. The van der Waals surface area contributed by atoms with Crippen molar-refractivity contribution in [2.45, 2.75) is 0 Å². The third kappa shape index (κ3) is 3.16. The van der Waals surface area contributed by atoms with Gasteiger partial charge in [-0.1, -0.05) is 6.07 Å². The second-order valence-electron chi connectivity index (χ2n) is 3.62. The van der Waals surface area contributed by atoms with E-state index in [1.807, 2.05) is 0 Å². The van der Waals surface area contributed by atoms with Crippen molar-refractivity contribution in [3.8, 4) is 0 Å². The van der Waals surface area contributed by atoms with Gasteiger partial charge in [-0.2, -0.15) is 0 Å². The predicted molar refractivity (Wildman–Crippen MR) is 71.8 cm³/mol. The number of carbonyl (C=O) groups is 1. The smallest absolute Gasteiger partial charge is 0.303 e. The highest BCUT2D eigenvalue weighted by atomic mass is 16.6. The number of amides is 1. The van der Waals surface area contributed by atoms with E-state index in [2.05, 4.69) is 31.2 Å². The highest BCUT2D eigenvalue weighted by molar-refractivity contribution is 5.93. The number of hydrogen-bond donors (Lipinski definition) is 4. The fourth-order valence-electron chi connectivity index (χ4n) is 1.43. The number of nitro groups is 1. The lowest BCUT2D eigenvalue weighted by Crippen LogP contribution is -2.31. The van der Waals surface area contributed by atoms with Crippen molar-refractivity contribution >= 4 is 23.2 Å². The molecule has 1 amide bonds. The van der Waals surface area contributed by atoms with Gasteiger partial charge in [-0.15, -0.1) is 0 Å². The second-order valence-corrected chi connectivity index (χ2v) is 3.62. The van der Waals surface area contributed by atoms with Crippen LogP contribution in [0.3, 0.4) is 0 Å². The molecule has 108 valence electrons. The van der Waals surface area contributed by atoms with Gasteiger partial charge >= 0.3 is 5.69 Å². The minimum absolute atomic E-state index is 0.138. The highest BCUT2D eigenvalue weighted by Crippen LogP contribution is 2.27. The maximum Gasteiger partial charge on any atom is 0.356 e. The summed E-state index contributed by atoms with van der Waals surface area (Å²) in [5.74, 6) is 4.15. The summed E-state index contributed by atoms with van der Waals surface area (Å²) in [6.45, 7) is 0. The molecule has 0 saturated heterocycles. The molecule has 0 unspecified atom stereocenters. The lowest BCUT2D eigenvalue weighted by molar-refractivity contribution is -0.383. The number of aromatic nitrogens is 3. The van der Waals surface area contributed by atoms with Crippen LogP contribution in [-0.4, -0.2) is 25.8 Å². The molecule has 0 aliphatic rings. The van der Waals surface area contributed by atoms with Crippen LogP contribution >= 0.6 is 0 Å². The van der Waals surface area contributed by atoms with E-state index in [-0.39, 0.29) is 17.3 Å². The van der Waals surface area contributed by atoms with Crippen LogP contribution in [0, 0.1) is 10.1 Å². The number of rotatable bonds is 5. The van der Waals surface area contributed by atoms with Gasteiger partial charge in [0.2, 0.25) is 11.6 Å². The molecular formula is C10H10N8O3. The molecule has 0 aliphatic carbocycles. The molecule has 11 nitrogen and oxygen atoms in total. The third-order valence-corrected chi connectivity index (χ3v) is 2.33. The number of anilines is 2. The molecule has 21 heavy (non-hydrogen) atoms. The van der Waals surface area contributed by atoms with Gasteiger partial charge in [-0.25, -0.2) is 15.8 Å². The number of nitrogens with two attached hydrogens (primary N) is 1. The molecule has 2 aromatic rings. The summed E-state index contributed by atoms with van der Waals surface area (Å²) in [5, 5.41) is 11.0. The van der Waals surface area contributed by atoms with E-state index >= 15 is 0 Å². The van der Waals surface area contributed by atoms with Crippen LogP contribution in [0.5, 0.6) is 0 Å². The quantitative estimate of drug-likeness (QED) is 0.332. The summed E-state index contributed by atoms with van der Waals surface area (Å²) < 4.78 is 0. The zero-order valence-electron chi connectivity index (χ0n) is 10.5. The summed E-state index contributed by atoms with van der Waals surface area (Å²) in [5.41, 5.74) is 6.30. The standard InChI is InChI=1S/C10H10N8O3/c11-15-8-7(18(20)21)9(14-5-13-8)16-17-10(19)6-3-1-2-4-12-6/h1-5H,11H2,(H,17,19)(H2,13,14,15,16). The number of hydrazine groups is 2. The molecule has 2 rings (SSSR count). The lowest BCUT2D eigenvalue weighted by Gasteiger charge is -2.08. The summed E-state index contributed by atoms with van der Waals surface area (Å²) in [7, 11) is 0. The number of pyridine rings is 1. The first-order valence-electron chi connectivity index (χ1n) is 5.57. The largest absolute Gasteiger partial charge is 0.356 e. The molecule has 0 spiro atoms. The molecule has 0 aliphatic heterocycles. The summed E-state index contributed by atoms with van der Waals surface area (Å²) in [6.07, 6.45) is 2.50. The van der Waals surface area contributed by atoms with Crippen molar-refractivity contribution in [2.75, 3.05) is 10.9 Å². The molecule has 0 bridgehead atoms. The van der Waals surface area contributed by atoms with Crippen LogP contribution in [-0.2, 0) is 0 Å². The third-order valence-electron chi connectivity index (χ3n) is 2.33. The Labute approximate surface area is 117 Å². The van der Waals surface area contributed by atoms with E-state index in [1.54, 1.807) is 12.1 Å². The molecule has 5 N–H and O–H groups in total. The number of nitrogens with one attached hydrogen (secondary N) is 3. The fraction of sp³-hybridized carbons (Fsp3) is 0. The van der Waals surface area contributed by atoms with Crippen molar-refractivity contribution in [2.24, 2.45) is 5.84 Å². The lowest BCUT2D eigenvalue weighted by atomic mass is 10.3. The van der Waals surface area contributed by atoms with Crippen LogP contribution in [0.1, 0.15) is 10.5 Å². The molecule has 2 aromatic heterocycles. The number of nitrogen functional groups attached to an aromatic ring is 1.